The maximum atomic E-state index is 11.9. The van der Waals surface area contributed by atoms with E-state index in [1.807, 2.05) is 0 Å². The average molecular weight is 255 g/mol. The van der Waals surface area contributed by atoms with E-state index >= 15 is 0 Å². The number of carboxylic acid groups (broad SMARTS) is 1. The number of hydrogen-bond donors (Lipinski definition) is 2. The number of carbonyl (C=O) groups excluding carboxylic acids is 1. The number of nitrogens with zero attached hydrogens (tertiary/aromatic N) is 2. The Morgan fingerprint density at radius 1 is 1.33 bits per heavy atom. The molecule has 2 saturated heterocycles. The summed E-state index contributed by atoms with van der Waals surface area (Å²) in [6, 6.07) is -0.870. The normalized spacial score (nSPS) is 28.6. The highest BCUT2D eigenvalue weighted by molar-refractivity contribution is 5.83. The van der Waals surface area contributed by atoms with Crippen molar-refractivity contribution in [1.29, 1.82) is 0 Å². The zero-order valence-corrected chi connectivity index (χ0v) is 10.8. The smallest absolute Gasteiger partial charge is 0.326 e. The third-order valence-corrected chi connectivity index (χ3v) is 3.83. The van der Waals surface area contributed by atoms with Crippen molar-refractivity contribution in [1.82, 2.24) is 15.1 Å². The number of amides is 2. The van der Waals surface area contributed by atoms with Gasteiger partial charge in [0.25, 0.3) is 0 Å². The van der Waals surface area contributed by atoms with Gasteiger partial charge in [0.2, 0.25) is 0 Å². The van der Waals surface area contributed by atoms with E-state index in [2.05, 4.69) is 17.3 Å². The number of likely N-dealkylation sites (tertiary alicyclic amines) is 2. The summed E-state index contributed by atoms with van der Waals surface area (Å²) in [5, 5.41) is 11.9. The van der Waals surface area contributed by atoms with E-state index in [0.29, 0.717) is 25.4 Å². The van der Waals surface area contributed by atoms with E-state index in [-0.39, 0.29) is 6.03 Å². The molecular formula is C12H21N3O3. The molecule has 0 saturated carbocycles. The van der Waals surface area contributed by atoms with Crippen LogP contribution in [0.3, 0.4) is 0 Å². The second-order valence-corrected chi connectivity index (χ2v) is 5.29. The zero-order chi connectivity index (χ0) is 13.1. The second kappa shape index (κ2) is 5.56. The minimum atomic E-state index is -0.900. The summed E-state index contributed by atoms with van der Waals surface area (Å²) in [5.41, 5.74) is 0. The van der Waals surface area contributed by atoms with Crippen LogP contribution in [0.4, 0.5) is 4.79 Å². The Balaban J connectivity index is 1.79. The molecule has 2 aliphatic heterocycles. The molecule has 0 aromatic rings. The van der Waals surface area contributed by atoms with Gasteiger partial charge in [0.05, 0.1) is 0 Å². The molecule has 6 nitrogen and oxygen atoms in total. The van der Waals surface area contributed by atoms with Crippen molar-refractivity contribution in [2.45, 2.75) is 25.3 Å². The molecule has 6 heteroatoms. The Kier molecular flexibility index (Phi) is 4.06. The first-order chi connectivity index (χ1) is 8.58. The highest BCUT2D eigenvalue weighted by Gasteiger charge is 2.34. The van der Waals surface area contributed by atoms with Crippen molar-refractivity contribution in [3.05, 3.63) is 0 Å². The molecule has 0 aromatic carbocycles. The third-order valence-electron chi connectivity index (χ3n) is 3.83. The van der Waals surface area contributed by atoms with Gasteiger partial charge in [0, 0.05) is 19.6 Å². The number of urea groups is 1. The lowest BCUT2D eigenvalue weighted by atomic mass is 10.1. The van der Waals surface area contributed by atoms with Gasteiger partial charge in [-0.3, -0.25) is 0 Å². The van der Waals surface area contributed by atoms with E-state index in [9.17, 15) is 9.59 Å². The van der Waals surface area contributed by atoms with Crippen LogP contribution in [0.1, 0.15) is 19.3 Å². The number of aliphatic carboxylic acids is 1. The maximum absolute atomic E-state index is 11.9. The first-order valence-electron chi connectivity index (χ1n) is 6.53. The van der Waals surface area contributed by atoms with Gasteiger partial charge in [0.1, 0.15) is 6.04 Å². The molecule has 1 unspecified atom stereocenters. The average Bonchev–Trinajstić information content (AvgIpc) is 2.94. The third kappa shape index (κ3) is 2.93. The van der Waals surface area contributed by atoms with E-state index in [1.54, 1.807) is 0 Å². The van der Waals surface area contributed by atoms with Crippen LogP contribution in [-0.4, -0.2) is 66.2 Å². The van der Waals surface area contributed by atoms with Crippen molar-refractivity contribution < 1.29 is 14.7 Å². The topological polar surface area (TPSA) is 72.9 Å². The van der Waals surface area contributed by atoms with E-state index in [4.69, 9.17) is 5.11 Å². The maximum Gasteiger partial charge on any atom is 0.326 e. The van der Waals surface area contributed by atoms with Crippen LogP contribution in [0.15, 0.2) is 0 Å². The van der Waals surface area contributed by atoms with Crippen LogP contribution in [0.5, 0.6) is 0 Å². The first-order valence-corrected chi connectivity index (χ1v) is 6.53. The van der Waals surface area contributed by atoms with Crippen molar-refractivity contribution in [3.8, 4) is 0 Å². The van der Waals surface area contributed by atoms with Crippen molar-refractivity contribution in [2.75, 3.05) is 33.2 Å². The van der Waals surface area contributed by atoms with E-state index in [1.165, 1.54) is 4.90 Å². The fraction of sp³-hybridized carbons (Fsp3) is 0.833. The lowest BCUT2D eigenvalue weighted by molar-refractivity contribution is -0.141. The van der Waals surface area contributed by atoms with Crippen LogP contribution < -0.4 is 5.32 Å². The number of rotatable bonds is 3. The zero-order valence-electron chi connectivity index (χ0n) is 10.8. The number of hydrogen-bond acceptors (Lipinski definition) is 3. The fourth-order valence-corrected chi connectivity index (χ4v) is 2.79. The number of carbonyl (C=O) groups is 2. The summed E-state index contributed by atoms with van der Waals surface area (Å²) in [7, 11) is 2.07. The molecule has 2 rings (SSSR count). The molecule has 102 valence electrons. The Morgan fingerprint density at radius 2 is 2.11 bits per heavy atom. The van der Waals surface area contributed by atoms with Gasteiger partial charge in [0.15, 0.2) is 0 Å². The van der Waals surface area contributed by atoms with Crippen LogP contribution in [0, 0.1) is 5.92 Å². The molecule has 2 fully saturated rings. The minimum Gasteiger partial charge on any atom is -0.480 e. The van der Waals surface area contributed by atoms with Crippen molar-refractivity contribution in [2.24, 2.45) is 5.92 Å². The van der Waals surface area contributed by atoms with Gasteiger partial charge >= 0.3 is 12.0 Å². The van der Waals surface area contributed by atoms with Gasteiger partial charge < -0.3 is 20.2 Å². The summed E-state index contributed by atoms with van der Waals surface area (Å²) >= 11 is 0. The SMILES string of the molecule is CN1CCC(CNC(=O)N2CCC[C@H]2C(=O)O)C1. The number of nitrogens with one attached hydrogen (secondary N) is 1. The molecule has 0 aliphatic carbocycles. The minimum absolute atomic E-state index is 0.227. The lowest BCUT2D eigenvalue weighted by Crippen LogP contribution is -2.47. The Bertz CT molecular complexity index is 335. The van der Waals surface area contributed by atoms with E-state index in [0.717, 1.165) is 25.9 Å². The van der Waals surface area contributed by atoms with Crippen molar-refractivity contribution >= 4 is 12.0 Å². The van der Waals surface area contributed by atoms with Crippen LogP contribution in [-0.2, 0) is 4.79 Å². The van der Waals surface area contributed by atoms with Gasteiger partial charge in [-0.05, 0) is 38.8 Å². The van der Waals surface area contributed by atoms with Gasteiger partial charge in [-0.1, -0.05) is 0 Å². The highest BCUT2D eigenvalue weighted by atomic mass is 16.4. The summed E-state index contributed by atoms with van der Waals surface area (Å²) in [4.78, 5) is 26.6. The molecule has 2 N–H and O–H groups in total. The summed E-state index contributed by atoms with van der Waals surface area (Å²) in [6.07, 6.45) is 2.44. The summed E-state index contributed by atoms with van der Waals surface area (Å²) in [5.74, 6) is -0.409. The highest BCUT2D eigenvalue weighted by Crippen LogP contribution is 2.18. The fourth-order valence-electron chi connectivity index (χ4n) is 2.79. The second-order valence-electron chi connectivity index (χ2n) is 5.29. The number of carboxylic acids is 1. The van der Waals surface area contributed by atoms with Crippen LogP contribution in [0.2, 0.25) is 0 Å². The van der Waals surface area contributed by atoms with E-state index < -0.39 is 12.0 Å². The first kappa shape index (κ1) is 13.1. The van der Waals surface area contributed by atoms with Gasteiger partial charge in [-0.2, -0.15) is 0 Å². The Hall–Kier alpha value is -1.30. The lowest BCUT2D eigenvalue weighted by Gasteiger charge is -2.22. The molecule has 18 heavy (non-hydrogen) atoms. The van der Waals surface area contributed by atoms with Crippen LogP contribution in [0.25, 0.3) is 0 Å². The molecule has 2 aliphatic rings. The predicted molar refractivity (Wildman–Crippen MR) is 66.4 cm³/mol. The Labute approximate surface area is 107 Å². The molecule has 0 spiro atoms. The standard InChI is InChI=1S/C12H21N3O3/c1-14-6-4-9(8-14)7-13-12(18)15-5-2-3-10(15)11(16)17/h9-10H,2-8H2,1H3,(H,13,18)(H,16,17)/t9?,10-/m0/s1. The molecule has 2 heterocycles. The Morgan fingerprint density at radius 3 is 2.72 bits per heavy atom. The molecule has 0 bridgehead atoms. The molecule has 0 radical (unpaired) electrons. The summed E-state index contributed by atoms with van der Waals surface area (Å²) < 4.78 is 0. The predicted octanol–water partition coefficient (Wildman–Crippen LogP) is 0.197. The van der Waals surface area contributed by atoms with Gasteiger partial charge in [-0.25, -0.2) is 9.59 Å². The summed E-state index contributed by atoms with van der Waals surface area (Å²) in [6.45, 7) is 3.27. The molecule has 2 atom stereocenters. The molecule has 0 aromatic heterocycles. The van der Waals surface area contributed by atoms with Crippen LogP contribution >= 0.6 is 0 Å². The monoisotopic (exact) mass is 255 g/mol. The van der Waals surface area contributed by atoms with Crippen molar-refractivity contribution in [3.63, 3.8) is 0 Å². The quantitative estimate of drug-likeness (QED) is 0.755. The largest absolute Gasteiger partial charge is 0.480 e. The van der Waals surface area contributed by atoms with Gasteiger partial charge in [-0.15, -0.1) is 0 Å². The molecular weight excluding hydrogens is 234 g/mol. The molecule has 2 amide bonds.